The van der Waals surface area contributed by atoms with E-state index in [1.54, 1.807) is 20.4 Å². The van der Waals surface area contributed by atoms with E-state index in [1.807, 2.05) is 18.2 Å². The van der Waals surface area contributed by atoms with Crippen LogP contribution in [0.3, 0.4) is 0 Å². The predicted octanol–water partition coefficient (Wildman–Crippen LogP) is 2.98. The van der Waals surface area contributed by atoms with Crippen LogP contribution >= 0.6 is 0 Å². The van der Waals surface area contributed by atoms with Crippen molar-refractivity contribution in [3.05, 3.63) is 23.8 Å². The van der Waals surface area contributed by atoms with Gasteiger partial charge in [0.2, 0.25) is 5.91 Å². The number of rotatable bonds is 5. The molecule has 1 amide bonds. The maximum Gasteiger partial charge on any atom is 0.244 e. The van der Waals surface area contributed by atoms with Gasteiger partial charge in [-0.25, -0.2) is 5.43 Å². The third kappa shape index (κ3) is 2.92. The van der Waals surface area contributed by atoms with Crippen LogP contribution in [0.5, 0.6) is 11.5 Å². The molecular weight excluding hydrogens is 292 g/mol. The Morgan fingerprint density at radius 1 is 1.35 bits per heavy atom. The summed E-state index contributed by atoms with van der Waals surface area (Å²) in [5.41, 5.74) is 3.67. The van der Waals surface area contributed by atoms with Crippen molar-refractivity contribution in [2.45, 2.75) is 32.6 Å². The van der Waals surface area contributed by atoms with Crippen LogP contribution in [0.25, 0.3) is 0 Å². The SMILES string of the molecule is COc1ccc(OC)c(/C=N/NC(=O)[C@@H]2[C@H]3CCCC[C@@]32C)c1. The van der Waals surface area contributed by atoms with Gasteiger partial charge in [0.25, 0.3) is 0 Å². The molecule has 0 bridgehead atoms. The number of amides is 1. The molecule has 0 aromatic heterocycles. The van der Waals surface area contributed by atoms with Gasteiger partial charge in [-0.05, 0) is 42.4 Å². The monoisotopic (exact) mass is 316 g/mol. The number of nitrogens with one attached hydrogen (secondary N) is 1. The van der Waals surface area contributed by atoms with Crippen molar-refractivity contribution in [3.8, 4) is 11.5 Å². The molecule has 2 aliphatic rings. The average molecular weight is 316 g/mol. The van der Waals surface area contributed by atoms with Gasteiger partial charge in [-0.3, -0.25) is 4.79 Å². The van der Waals surface area contributed by atoms with Gasteiger partial charge in [-0.15, -0.1) is 0 Å². The summed E-state index contributed by atoms with van der Waals surface area (Å²) in [4.78, 5) is 12.4. The van der Waals surface area contributed by atoms with E-state index in [9.17, 15) is 4.79 Å². The molecule has 2 aliphatic carbocycles. The average Bonchev–Trinajstić information content (AvgIpc) is 3.20. The second-order valence-electron chi connectivity index (χ2n) is 6.68. The van der Waals surface area contributed by atoms with Crippen LogP contribution in [-0.2, 0) is 4.79 Å². The lowest BCUT2D eigenvalue weighted by atomic mass is 9.90. The van der Waals surface area contributed by atoms with E-state index in [-0.39, 0.29) is 17.2 Å². The van der Waals surface area contributed by atoms with Crippen LogP contribution < -0.4 is 14.9 Å². The fourth-order valence-corrected chi connectivity index (χ4v) is 4.03. The van der Waals surface area contributed by atoms with Gasteiger partial charge in [-0.1, -0.05) is 19.8 Å². The summed E-state index contributed by atoms with van der Waals surface area (Å²) in [6.45, 7) is 2.23. The normalized spacial score (nSPS) is 29.0. The molecule has 0 unspecified atom stereocenters. The van der Waals surface area contributed by atoms with Crippen molar-refractivity contribution >= 4 is 12.1 Å². The maximum atomic E-state index is 12.4. The van der Waals surface area contributed by atoms with Crippen molar-refractivity contribution in [2.24, 2.45) is 22.4 Å². The molecule has 0 saturated heterocycles. The summed E-state index contributed by atoms with van der Waals surface area (Å²) in [5.74, 6) is 2.11. The number of hydrogen-bond acceptors (Lipinski definition) is 4. The minimum atomic E-state index is 0.0394. The van der Waals surface area contributed by atoms with Gasteiger partial charge in [0, 0.05) is 11.5 Å². The molecule has 5 heteroatoms. The highest BCUT2D eigenvalue weighted by Crippen LogP contribution is 2.66. The van der Waals surface area contributed by atoms with Gasteiger partial charge in [0.15, 0.2) is 0 Å². The molecule has 0 spiro atoms. The molecule has 124 valence electrons. The number of carbonyl (C=O) groups is 1. The second-order valence-corrected chi connectivity index (χ2v) is 6.68. The lowest BCUT2D eigenvalue weighted by molar-refractivity contribution is -0.123. The molecule has 1 aromatic carbocycles. The first-order valence-corrected chi connectivity index (χ1v) is 8.15. The summed E-state index contributed by atoms with van der Waals surface area (Å²) in [7, 11) is 3.22. The minimum Gasteiger partial charge on any atom is -0.497 e. The highest BCUT2D eigenvalue weighted by molar-refractivity contribution is 5.87. The zero-order valence-corrected chi connectivity index (χ0v) is 14.0. The first-order valence-electron chi connectivity index (χ1n) is 8.15. The number of methoxy groups -OCH3 is 2. The van der Waals surface area contributed by atoms with Crippen molar-refractivity contribution in [1.82, 2.24) is 5.43 Å². The number of carbonyl (C=O) groups excluding carboxylic acids is 1. The Morgan fingerprint density at radius 2 is 2.17 bits per heavy atom. The molecule has 0 heterocycles. The van der Waals surface area contributed by atoms with E-state index in [1.165, 1.54) is 19.3 Å². The smallest absolute Gasteiger partial charge is 0.244 e. The third-order valence-electron chi connectivity index (χ3n) is 5.43. The zero-order chi connectivity index (χ0) is 16.4. The zero-order valence-electron chi connectivity index (χ0n) is 14.0. The van der Waals surface area contributed by atoms with E-state index >= 15 is 0 Å². The van der Waals surface area contributed by atoms with Gasteiger partial charge in [-0.2, -0.15) is 5.10 Å². The Kier molecular flexibility index (Phi) is 4.28. The summed E-state index contributed by atoms with van der Waals surface area (Å²) in [6.07, 6.45) is 6.41. The topological polar surface area (TPSA) is 59.9 Å². The van der Waals surface area contributed by atoms with Crippen LogP contribution in [0, 0.1) is 17.3 Å². The molecule has 23 heavy (non-hydrogen) atoms. The van der Waals surface area contributed by atoms with Crippen molar-refractivity contribution < 1.29 is 14.3 Å². The van der Waals surface area contributed by atoms with Gasteiger partial charge < -0.3 is 9.47 Å². The molecule has 2 fully saturated rings. The first kappa shape index (κ1) is 15.8. The number of fused-ring (bicyclic) bond motifs is 1. The number of hydrogen-bond donors (Lipinski definition) is 1. The third-order valence-corrected chi connectivity index (χ3v) is 5.43. The molecule has 3 atom stereocenters. The van der Waals surface area contributed by atoms with E-state index in [2.05, 4.69) is 17.5 Å². The first-order chi connectivity index (χ1) is 11.1. The Morgan fingerprint density at radius 3 is 2.83 bits per heavy atom. The van der Waals surface area contributed by atoms with Gasteiger partial charge >= 0.3 is 0 Å². The largest absolute Gasteiger partial charge is 0.497 e. The number of benzene rings is 1. The van der Waals surface area contributed by atoms with Crippen molar-refractivity contribution in [1.29, 1.82) is 0 Å². The highest BCUT2D eigenvalue weighted by atomic mass is 16.5. The summed E-state index contributed by atoms with van der Waals surface area (Å²) in [5, 5.41) is 4.12. The Bertz CT molecular complexity index is 629. The molecular formula is C18H24N2O3. The molecule has 3 rings (SSSR count). The Hall–Kier alpha value is -2.04. The molecule has 5 nitrogen and oxygen atoms in total. The lowest BCUT2D eigenvalue weighted by Gasteiger charge is -2.15. The van der Waals surface area contributed by atoms with Crippen LogP contribution in [0.4, 0.5) is 0 Å². The Labute approximate surface area is 137 Å². The van der Waals surface area contributed by atoms with E-state index in [4.69, 9.17) is 9.47 Å². The fraction of sp³-hybridized carbons (Fsp3) is 0.556. The Balaban J connectivity index is 1.64. The molecule has 2 saturated carbocycles. The van der Waals surface area contributed by atoms with E-state index in [0.717, 1.165) is 17.7 Å². The highest BCUT2D eigenvalue weighted by Gasteiger charge is 2.64. The quantitative estimate of drug-likeness (QED) is 0.671. The minimum absolute atomic E-state index is 0.0394. The van der Waals surface area contributed by atoms with Crippen LogP contribution in [0.15, 0.2) is 23.3 Å². The lowest BCUT2D eigenvalue weighted by Crippen LogP contribution is -2.22. The van der Waals surface area contributed by atoms with Crippen molar-refractivity contribution in [2.75, 3.05) is 14.2 Å². The summed E-state index contributed by atoms with van der Waals surface area (Å²) >= 11 is 0. The second kappa shape index (κ2) is 6.22. The maximum absolute atomic E-state index is 12.4. The number of nitrogens with zero attached hydrogens (tertiary/aromatic N) is 1. The van der Waals surface area contributed by atoms with Gasteiger partial charge in [0.05, 0.1) is 20.4 Å². The van der Waals surface area contributed by atoms with Crippen LogP contribution in [-0.4, -0.2) is 26.3 Å². The summed E-state index contributed by atoms with van der Waals surface area (Å²) in [6, 6.07) is 5.47. The standard InChI is InChI=1S/C18H24N2O3/c1-18-9-5-4-6-14(18)16(18)17(21)20-19-11-12-10-13(22-2)7-8-15(12)23-3/h7-8,10-11,14,16H,4-6,9H2,1-3H3,(H,20,21)/b19-11+/t14-,16+,18+/m1/s1. The molecule has 0 radical (unpaired) electrons. The molecule has 0 aliphatic heterocycles. The predicted molar refractivity (Wildman–Crippen MR) is 88.8 cm³/mol. The van der Waals surface area contributed by atoms with Crippen LogP contribution in [0.2, 0.25) is 0 Å². The molecule has 1 N–H and O–H groups in total. The fourth-order valence-electron chi connectivity index (χ4n) is 4.03. The van der Waals surface area contributed by atoms with E-state index < -0.39 is 0 Å². The van der Waals surface area contributed by atoms with Crippen LogP contribution in [0.1, 0.15) is 38.2 Å². The van der Waals surface area contributed by atoms with E-state index in [0.29, 0.717) is 11.7 Å². The summed E-state index contributed by atoms with van der Waals surface area (Å²) < 4.78 is 10.5. The molecule has 1 aromatic rings. The van der Waals surface area contributed by atoms with Gasteiger partial charge in [0.1, 0.15) is 11.5 Å². The number of ether oxygens (including phenoxy) is 2. The van der Waals surface area contributed by atoms with Crippen molar-refractivity contribution in [3.63, 3.8) is 0 Å². The number of hydrazone groups is 1.